The van der Waals surface area contributed by atoms with Crippen LogP contribution in [0.3, 0.4) is 0 Å². The molecule has 0 radical (unpaired) electrons. The second-order valence-electron chi connectivity index (χ2n) is 6.07. The SMILES string of the molecule is CC(C)Oc1ccc(NC(=O)CC2C(=O)Nc3ccccc32)cc1. The Morgan fingerprint density at radius 2 is 1.88 bits per heavy atom. The molecule has 0 saturated carbocycles. The summed E-state index contributed by atoms with van der Waals surface area (Å²) in [4.78, 5) is 24.3. The number of hydrogen-bond acceptors (Lipinski definition) is 3. The molecule has 0 aromatic heterocycles. The van der Waals surface area contributed by atoms with Crippen LogP contribution in [-0.4, -0.2) is 17.9 Å². The highest BCUT2D eigenvalue weighted by Gasteiger charge is 2.31. The number of carbonyl (C=O) groups is 2. The summed E-state index contributed by atoms with van der Waals surface area (Å²) in [5.74, 6) is -0.00624. The zero-order valence-electron chi connectivity index (χ0n) is 13.7. The third-order valence-electron chi connectivity index (χ3n) is 3.81. The molecule has 124 valence electrons. The molecule has 2 N–H and O–H groups in total. The number of para-hydroxylation sites is 1. The first-order valence-corrected chi connectivity index (χ1v) is 7.99. The maximum atomic E-state index is 12.3. The van der Waals surface area contributed by atoms with E-state index in [1.807, 2.05) is 50.2 Å². The second-order valence-corrected chi connectivity index (χ2v) is 6.07. The normalized spacial score (nSPS) is 15.8. The van der Waals surface area contributed by atoms with Gasteiger partial charge >= 0.3 is 0 Å². The van der Waals surface area contributed by atoms with Gasteiger partial charge in [-0.3, -0.25) is 9.59 Å². The molecule has 1 heterocycles. The number of carbonyl (C=O) groups excluding carboxylic acids is 2. The molecule has 1 aliphatic rings. The Balaban J connectivity index is 1.63. The molecule has 2 aromatic carbocycles. The number of fused-ring (bicyclic) bond motifs is 1. The van der Waals surface area contributed by atoms with Crippen LogP contribution in [0.1, 0.15) is 31.7 Å². The lowest BCUT2D eigenvalue weighted by Gasteiger charge is -2.12. The van der Waals surface area contributed by atoms with Crippen LogP contribution in [0.4, 0.5) is 11.4 Å². The highest BCUT2D eigenvalue weighted by atomic mass is 16.5. The van der Waals surface area contributed by atoms with Gasteiger partial charge in [-0.1, -0.05) is 18.2 Å². The van der Waals surface area contributed by atoms with Crippen molar-refractivity contribution in [2.24, 2.45) is 0 Å². The van der Waals surface area contributed by atoms with E-state index in [2.05, 4.69) is 10.6 Å². The molecular weight excluding hydrogens is 304 g/mol. The van der Waals surface area contributed by atoms with Crippen molar-refractivity contribution in [1.82, 2.24) is 0 Å². The van der Waals surface area contributed by atoms with Crippen LogP contribution in [0.15, 0.2) is 48.5 Å². The first kappa shape index (κ1) is 16.1. The molecule has 0 spiro atoms. The first-order chi connectivity index (χ1) is 11.5. The van der Waals surface area contributed by atoms with Crippen LogP contribution < -0.4 is 15.4 Å². The van der Waals surface area contributed by atoms with E-state index in [1.165, 1.54) is 0 Å². The van der Waals surface area contributed by atoms with Gasteiger partial charge in [0.15, 0.2) is 0 Å². The van der Waals surface area contributed by atoms with E-state index in [1.54, 1.807) is 12.1 Å². The average Bonchev–Trinajstić information content (AvgIpc) is 2.85. The van der Waals surface area contributed by atoms with E-state index in [4.69, 9.17) is 4.74 Å². The number of ether oxygens (including phenoxy) is 1. The third-order valence-corrected chi connectivity index (χ3v) is 3.81. The number of anilines is 2. The van der Waals surface area contributed by atoms with Crippen LogP contribution in [0.5, 0.6) is 5.75 Å². The summed E-state index contributed by atoms with van der Waals surface area (Å²) in [6.07, 6.45) is 0.221. The number of hydrogen-bond donors (Lipinski definition) is 2. The van der Waals surface area contributed by atoms with Crippen LogP contribution in [0.2, 0.25) is 0 Å². The average molecular weight is 324 g/mol. The van der Waals surface area contributed by atoms with Crippen LogP contribution >= 0.6 is 0 Å². The Morgan fingerprint density at radius 1 is 1.17 bits per heavy atom. The summed E-state index contributed by atoms with van der Waals surface area (Å²) in [6, 6.07) is 14.7. The number of amides is 2. The van der Waals surface area contributed by atoms with Gasteiger partial charge in [0.05, 0.1) is 12.0 Å². The Bertz CT molecular complexity index is 753. The van der Waals surface area contributed by atoms with Crippen molar-refractivity contribution in [3.05, 3.63) is 54.1 Å². The van der Waals surface area contributed by atoms with Crippen molar-refractivity contribution < 1.29 is 14.3 Å². The monoisotopic (exact) mass is 324 g/mol. The van der Waals surface area contributed by atoms with Gasteiger partial charge in [-0.2, -0.15) is 0 Å². The Kier molecular flexibility index (Phi) is 4.51. The molecule has 2 amide bonds. The van der Waals surface area contributed by atoms with Crippen molar-refractivity contribution in [3.63, 3.8) is 0 Å². The lowest BCUT2D eigenvalue weighted by Crippen LogP contribution is -2.20. The van der Waals surface area contributed by atoms with E-state index < -0.39 is 5.92 Å². The number of benzene rings is 2. The van der Waals surface area contributed by atoms with Crippen molar-refractivity contribution in [3.8, 4) is 5.75 Å². The van der Waals surface area contributed by atoms with Gasteiger partial charge in [0, 0.05) is 17.8 Å². The zero-order valence-corrected chi connectivity index (χ0v) is 13.7. The molecule has 5 nitrogen and oxygen atoms in total. The molecule has 2 aromatic rings. The topological polar surface area (TPSA) is 67.4 Å². The first-order valence-electron chi connectivity index (χ1n) is 7.99. The number of rotatable bonds is 5. The summed E-state index contributed by atoms with van der Waals surface area (Å²) in [6.45, 7) is 3.92. The summed E-state index contributed by atoms with van der Waals surface area (Å²) in [5, 5.41) is 5.63. The van der Waals surface area contributed by atoms with E-state index in [0.29, 0.717) is 5.69 Å². The van der Waals surface area contributed by atoms with Crippen LogP contribution in [-0.2, 0) is 9.59 Å². The quantitative estimate of drug-likeness (QED) is 0.884. The summed E-state index contributed by atoms with van der Waals surface area (Å²) in [5.41, 5.74) is 2.34. The lowest BCUT2D eigenvalue weighted by molar-refractivity contribution is -0.122. The molecule has 1 atom stereocenters. The van der Waals surface area contributed by atoms with E-state index in [-0.39, 0.29) is 24.3 Å². The zero-order chi connectivity index (χ0) is 17.1. The minimum absolute atomic E-state index is 0.103. The van der Waals surface area contributed by atoms with Crippen LogP contribution in [0, 0.1) is 0 Å². The maximum Gasteiger partial charge on any atom is 0.232 e. The Labute approximate surface area is 141 Å². The fourth-order valence-corrected chi connectivity index (χ4v) is 2.76. The summed E-state index contributed by atoms with van der Waals surface area (Å²) < 4.78 is 5.57. The summed E-state index contributed by atoms with van der Waals surface area (Å²) >= 11 is 0. The molecule has 0 aliphatic carbocycles. The van der Waals surface area contributed by atoms with Gasteiger partial charge in [-0.15, -0.1) is 0 Å². The highest BCUT2D eigenvalue weighted by Crippen LogP contribution is 2.34. The maximum absolute atomic E-state index is 12.3. The van der Waals surface area contributed by atoms with Crippen molar-refractivity contribution in [2.45, 2.75) is 32.3 Å². The fourth-order valence-electron chi connectivity index (χ4n) is 2.76. The molecular formula is C19H20N2O3. The standard InChI is InChI=1S/C19H20N2O3/c1-12(2)24-14-9-7-13(8-10-14)20-18(22)11-16-15-5-3-4-6-17(15)21-19(16)23/h3-10,12,16H,11H2,1-2H3,(H,20,22)(H,21,23). The predicted octanol–water partition coefficient (Wildman–Crippen LogP) is 3.54. The van der Waals surface area contributed by atoms with E-state index >= 15 is 0 Å². The molecule has 1 aliphatic heterocycles. The van der Waals surface area contributed by atoms with Gasteiger partial charge < -0.3 is 15.4 Å². The highest BCUT2D eigenvalue weighted by molar-refractivity contribution is 6.06. The third kappa shape index (κ3) is 3.56. The minimum atomic E-state index is -0.440. The second kappa shape index (κ2) is 6.74. The van der Waals surface area contributed by atoms with Gasteiger partial charge in [-0.05, 0) is 49.7 Å². The Morgan fingerprint density at radius 3 is 2.58 bits per heavy atom. The Hall–Kier alpha value is -2.82. The largest absolute Gasteiger partial charge is 0.491 e. The molecule has 1 unspecified atom stereocenters. The van der Waals surface area contributed by atoms with Gasteiger partial charge in [0.25, 0.3) is 0 Å². The van der Waals surface area contributed by atoms with Crippen molar-refractivity contribution in [2.75, 3.05) is 10.6 Å². The molecule has 0 bridgehead atoms. The van der Waals surface area contributed by atoms with Crippen molar-refractivity contribution >= 4 is 23.2 Å². The number of nitrogens with one attached hydrogen (secondary N) is 2. The molecule has 0 saturated heterocycles. The summed E-state index contributed by atoms with van der Waals surface area (Å²) in [7, 11) is 0. The molecule has 3 rings (SSSR count). The smallest absolute Gasteiger partial charge is 0.232 e. The van der Waals surface area contributed by atoms with Gasteiger partial charge in [-0.25, -0.2) is 0 Å². The molecule has 0 fully saturated rings. The van der Waals surface area contributed by atoms with Gasteiger partial charge in [0.2, 0.25) is 11.8 Å². The minimum Gasteiger partial charge on any atom is -0.491 e. The van der Waals surface area contributed by atoms with Crippen molar-refractivity contribution in [1.29, 1.82) is 0 Å². The lowest BCUT2D eigenvalue weighted by atomic mass is 9.97. The molecule has 24 heavy (non-hydrogen) atoms. The predicted molar refractivity (Wildman–Crippen MR) is 93.3 cm³/mol. The van der Waals surface area contributed by atoms with Crippen LogP contribution in [0.25, 0.3) is 0 Å². The van der Waals surface area contributed by atoms with E-state index in [9.17, 15) is 9.59 Å². The fraction of sp³-hybridized carbons (Fsp3) is 0.263. The molecule has 5 heteroatoms. The van der Waals surface area contributed by atoms with Gasteiger partial charge in [0.1, 0.15) is 5.75 Å². The van der Waals surface area contributed by atoms with E-state index in [0.717, 1.165) is 17.0 Å².